The van der Waals surface area contributed by atoms with E-state index in [1.807, 2.05) is 0 Å². The fraction of sp³-hybridized carbons (Fsp3) is 0.818. The molecule has 1 amide bonds. The van der Waals surface area contributed by atoms with E-state index < -0.39 is 5.97 Å². The molecule has 0 aromatic rings. The molecule has 1 saturated heterocycles. The van der Waals surface area contributed by atoms with Crippen molar-refractivity contribution < 1.29 is 19.4 Å². The summed E-state index contributed by atoms with van der Waals surface area (Å²) in [6, 6.07) is 0. The largest absolute Gasteiger partial charge is 0.481 e. The Morgan fingerprint density at radius 1 is 1.31 bits per heavy atom. The van der Waals surface area contributed by atoms with Gasteiger partial charge in [-0.15, -0.1) is 0 Å². The molecule has 0 bridgehead atoms. The van der Waals surface area contributed by atoms with E-state index in [1.165, 1.54) is 0 Å². The first-order valence-corrected chi connectivity index (χ1v) is 5.81. The van der Waals surface area contributed by atoms with Crippen LogP contribution in [0.1, 0.15) is 38.5 Å². The molecule has 5 heteroatoms. The third-order valence-electron chi connectivity index (χ3n) is 2.59. The van der Waals surface area contributed by atoms with E-state index in [9.17, 15) is 9.59 Å². The standard InChI is InChI=1S/C11H19NO4/c13-10(14)6-1-3-7-12-11(15)9-5-2-4-8-16-9/h9H,1-8H2,(H,12,15)(H,13,14). The highest BCUT2D eigenvalue weighted by Crippen LogP contribution is 2.12. The van der Waals surface area contributed by atoms with Crippen LogP contribution in [0, 0.1) is 0 Å². The summed E-state index contributed by atoms with van der Waals surface area (Å²) in [7, 11) is 0. The quantitative estimate of drug-likeness (QED) is 0.664. The molecular formula is C11H19NO4. The predicted octanol–water partition coefficient (Wildman–Crippen LogP) is 0.927. The second kappa shape index (κ2) is 7.22. The van der Waals surface area contributed by atoms with Gasteiger partial charge in [-0.05, 0) is 32.1 Å². The maximum atomic E-state index is 11.5. The highest BCUT2D eigenvalue weighted by atomic mass is 16.5. The van der Waals surface area contributed by atoms with Gasteiger partial charge in [0.1, 0.15) is 6.10 Å². The molecule has 92 valence electrons. The first kappa shape index (κ1) is 13.0. The fourth-order valence-corrected chi connectivity index (χ4v) is 1.67. The average molecular weight is 229 g/mol. The zero-order valence-corrected chi connectivity index (χ0v) is 9.41. The molecule has 16 heavy (non-hydrogen) atoms. The molecule has 5 nitrogen and oxygen atoms in total. The van der Waals surface area contributed by atoms with Gasteiger partial charge in [0.05, 0.1) is 0 Å². The van der Waals surface area contributed by atoms with Gasteiger partial charge in [-0.1, -0.05) is 0 Å². The number of carboxylic acid groups (broad SMARTS) is 1. The molecule has 0 aromatic heterocycles. The van der Waals surface area contributed by atoms with Crippen LogP contribution in [-0.4, -0.2) is 36.2 Å². The van der Waals surface area contributed by atoms with Crippen LogP contribution in [0.3, 0.4) is 0 Å². The molecule has 0 radical (unpaired) electrons. The first-order chi connectivity index (χ1) is 7.70. The van der Waals surface area contributed by atoms with Gasteiger partial charge >= 0.3 is 5.97 Å². The van der Waals surface area contributed by atoms with Gasteiger partial charge in [-0.2, -0.15) is 0 Å². The molecule has 0 aromatic carbocycles. The zero-order chi connectivity index (χ0) is 11.8. The number of carbonyl (C=O) groups is 2. The van der Waals surface area contributed by atoms with E-state index in [0.717, 1.165) is 19.3 Å². The van der Waals surface area contributed by atoms with Crippen molar-refractivity contribution in [2.75, 3.05) is 13.2 Å². The molecule has 1 heterocycles. The molecular weight excluding hydrogens is 210 g/mol. The number of amides is 1. The van der Waals surface area contributed by atoms with E-state index in [-0.39, 0.29) is 18.4 Å². The molecule has 0 spiro atoms. The van der Waals surface area contributed by atoms with Gasteiger partial charge in [0.2, 0.25) is 5.91 Å². The molecule has 1 fully saturated rings. The summed E-state index contributed by atoms with van der Waals surface area (Å²) in [5, 5.41) is 11.2. The molecule has 0 saturated carbocycles. The minimum absolute atomic E-state index is 0.0602. The minimum Gasteiger partial charge on any atom is -0.481 e. The Balaban J connectivity index is 2.03. The number of ether oxygens (including phenoxy) is 1. The normalized spacial score (nSPS) is 20.4. The molecule has 1 atom stereocenters. The number of hydrogen-bond donors (Lipinski definition) is 2. The Labute approximate surface area is 95.2 Å². The van der Waals surface area contributed by atoms with Crippen molar-refractivity contribution in [2.24, 2.45) is 0 Å². The van der Waals surface area contributed by atoms with Crippen LogP contribution in [0.15, 0.2) is 0 Å². The lowest BCUT2D eigenvalue weighted by Gasteiger charge is -2.21. The second-order valence-corrected chi connectivity index (χ2v) is 4.00. The van der Waals surface area contributed by atoms with Crippen LogP contribution in [0.5, 0.6) is 0 Å². The SMILES string of the molecule is O=C(O)CCCCNC(=O)C1CCCCO1. The topological polar surface area (TPSA) is 75.6 Å². The molecule has 1 unspecified atom stereocenters. The van der Waals surface area contributed by atoms with Gasteiger partial charge in [0.25, 0.3) is 0 Å². The zero-order valence-electron chi connectivity index (χ0n) is 9.41. The molecule has 1 aliphatic heterocycles. The van der Waals surface area contributed by atoms with Gasteiger partial charge in [0.15, 0.2) is 0 Å². The first-order valence-electron chi connectivity index (χ1n) is 5.81. The summed E-state index contributed by atoms with van der Waals surface area (Å²) in [4.78, 5) is 21.8. The van der Waals surface area contributed by atoms with Gasteiger partial charge in [-0.25, -0.2) is 0 Å². The third kappa shape index (κ3) is 5.11. The lowest BCUT2D eigenvalue weighted by Crippen LogP contribution is -2.38. The number of nitrogens with one attached hydrogen (secondary N) is 1. The summed E-state index contributed by atoms with van der Waals surface area (Å²) in [5.74, 6) is -0.850. The lowest BCUT2D eigenvalue weighted by atomic mass is 10.1. The molecule has 0 aliphatic carbocycles. The van der Waals surface area contributed by atoms with Crippen molar-refractivity contribution in [1.82, 2.24) is 5.32 Å². The van der Waals surface area contributed by atoms with Crippen molar-refractivity contribution in [2.45, 2.75) is 44.6 Å². The van der Waals surface area contributed by atoms with Crippen LogP contribution in [0.25, 0.3) is 0 Å². The van der Waals surface area contributed by atoms with Crippen LogP contribution in [0.4, 0.5) is 0 Å². The van der Waals surface area contributed by atoms with Crippen molar-refractivity contribution >= 4 is 11.9 Å². The van der Waals surface area contributed by atoms with Crippen LogP contribution in [0.2, 0.25) is 0 Å². The summed E-state index contributed by atoms with van der Waals surface area (Å²) in [6.45, 7) is 1.20. The Morgan fingerprint density at radius 2 is 2.12 bits per heavy atom. The van der Waals surface area contributed by atoms with Crippen LogP contribution >= 0.6 is 0 Å². The maximum absolute atomic E-state index is 11.5. The Kier molecular flexibility index (Phi) is 5.85. The van der Waals surface area contributed by atoms with Gasteiger partial charge < -0.3 is 15.2 Å². The number of carbonyl (C=O) groups excluding carboxylic acids is 1. The third-order valence-corrected chi connectivity index (χ3v) is 2.59. The predicted molar refractivity (Wildman–Crippen MR) is 58.1 cm³/mol. The van der Waals surface area contributed by atoms with Gasteiger partial charge in [-0.3, -0.25) is 9.59 Å². The number of hydrogen-bond acceptors (Lipinski definition) is 3. The number of unbranched alkanes of at least 4 members (excludes halogenated alkanes) is 1. The Hall–Kier alpha value is -1.10. The van der Waals surface area contributed by atoms with E-state index in [0.29, 0.717) is 26.0 Å². The molecule has 2 N–H and O–H groups in total. The summed E-state index contributed by atoms with van der Waals surface area (Å²) >= 11 is 0. The van der Waals surface area contributed by atoms with Crippen molar-refractivity contribution in [3.05, 3.63) is 0 Å². The average Bonchev–Trinajstić information content (AvgIpc) is 2.29. The second-order valence-electron chi connectivity index (χ2n) is 4.00. The highest BCUT2D eigenvalue weighted by Gasteiger charge is 2.20. The Morgan fingerprint density at radius 3 is 2.75 bits per heavy atom. The van der Waals surface area contributed by atoms with E-state index in [1.54, 1.807) is 0 Å². The van der Waals surface area contributed by atoms with Crippen LogP contribution in [-0.2, 0) is 14.3 Å². The molecule has 1 aliphatic rings. The smallest absolute Gasteiger partial charge is 0.303 e. The molecule has 1 rings (SSSR count). The van der Waals surface area contributed by atoms with Crippen molar-refractivity contribution in [3.63, 3.8) is 0 Å². The lowest BCUT2D eigenvalue weighted by molar-refractivity contribution is -0.137. The fourth-order valence-electron chi connectivity index (χ4n) is 1.67. The summed E-state index contributed by atoms with van der Waals surface area (Å²) in [5.41, 5.74) is 0. The maximum Gasteiger partial charge on any atom is 0.303 e. The monoisotopic (exact) mass is 229 g/mol. The summed E-state index contributed by atoms with van der Waals surface area (Å²) < 4.78 is 5.33. The van der Waals surface area contributed by atoms with E-state index in [4.69, 9.17) is 9.84 Å². The van der Waals surface area contributed by atoms with Crippen molar-refractivity contribution in [1.29, 1.82) is 0 Å². The minimum atomic E-state index is -0.790. The van der Waals surface area contributed by atoms with Crippen LogP contribution < -0.4 is 5.32 Å². The van der Waals surface area contributed by atoms with E-state index in [2.05, 4.69) is 5.32 Å². The van der Waals surface area contributed by atoms with E-state index >= 15 is 0 Å². The number of carboxylic acids is 1. The van der Waals surface area contributed by atoms with Gasteiger partial charge in [0, 0.05) is 19.6 Å². The highest BCUT2D eigenvalue weighted by molar-refractivity contribution is 5.80. The van der Waals surface area contributed by atoms with Crippen molar-refractivity contribution in [3.8, 4) is 0 Å². The number of aliphatic carboxylic acids is 1. The Bertz CT molecular complexity index is 236. The number of rotatable bonds is 6. The summed E-state index contributed by atoms with van der Waals surface area (Å²) in [6.07, 6.45) is 4.02.